The summed E-state index contributed by atoms with van der Waals surface area (Å²) in [6.07, 6.45) is 9.70. The number of ketones is 1. The van der Waals surface area contributed by atoms with E-state index in [0.717, 1.165) is 12.1 Å². The van der Waals surface area contributed by atoms with Gasteiger partial charge < -0.3 is 0 Å². The van der Waals surface area contributed by atoms with Crippen molar-refractivity contribution in [2.75, 3.05) is 14.1 Å². The third kappa shape index (κ3) is 3.54. The zero-order valence-electron chi connectivity index (χ0n) is 13.9. The van der Waals surface area contributed by atoms with Crippen LogP contribution in [0, 0.1) is 0 Å². The van der Waals surface area contributed by atoms with Crippen molar-refractivity contribution < 1.29 is 4.79 Å². The molecular weight excluding hydrogens is 262 g/mol. The van der Waals surface area contributed by atoms with Gasteiger partial charge in [-0.2, -0.15) is 5.10 Å². The minimum atomic E-state index is -0.394. The lowest BCUT2D eigenvalue weighted by molar-refractivity contribution is -0.128. The first-order chi connectivity index (χ1) is 9.97. The summed E-state index contributed by atoms with van der Waals surface area (Å²) >= 11 is 0. The van der Waals surface area contributed by atoms with Crippen molar-refractivity contribution in [3.63, 3.8) is 0 Å². The van der Waals surface area contributed by atoms with E-state index in [1.807, 2.05) is 32.0 Å². The maximum Gasteiger partial charge on any atom is 0.158 e. The molecule has 0 saturated heterocycles. The van der Waals surface area contributed by atoms with Crippen LogP contribution in [0.25, 0.3) is 0 Å². The topological polar surface area (TPSA) is 38.1 Å². The van der Waals surface area contributed by atoms with Crippen molar-refractivity contribution in [3.05, 3.63) is 18.0 Å². The lowest BCUT2D eigenvalue weighted by Crippen LogP contribution is -2.48. The van der Waals surface area contributed by atoms with Crippen molar-refractivity contribution >= 4 is 5.78 Å². The van der Waals surface area contributed by atoms with Crippen LogP contribution < -0.4 is 0 Å². The molecule has 0 spiro atoms. The molecule has 4 nitrogen and oxygen atoms in total. The maximum absolute atomic E-state index is 12.6. The molecule has 21 heavy (non-hydrogen) atoms. The number of hydrogen-bond acceptors (Lipinski definition) is 3. The molecule has 1 fully saturated rings. The van der Waals surface area contributed by atoms with Crippen molar-refractivity contribution in [1.29, 1.82) is 0 Å². The van der Waals surface area contributed by atoms with Gasteiger partial charge in [0.25, 0.3) is 0 Å². The molecule has 1 aliphatic carbocycles. The number of rotatable bonds is 6. The highest BCUT2D eigenvalue weighted by Crippen LogP contribution is 2.27. The molecule has 1 aromatic rings. The molecule has 1 aliphatic rings. The standard InChI is InChI=1S/C17H29N3O/c1-5-17(2,19(3)4)16(21)13-14-11-12-20(18-14)15-9-7-6-8-10-15/h11-12,15H,5-10,13H2,1-4H3. The minimum absolute atomic E-state index is 0.254. The summed E-state index contributed by atoms with van der Waals surface area (Å²) in [5.74, 6) is 0.254. The van der Waals surface area contributed by atoms with Crippen molar-refractivity contribution in [3.8, 4) is 0 Å². The highest BCUT2D eigenvalue weighted by Gasteiger charge is 2.33. The molecule has 1 saturated carbocycles. The zero-order chi connectivity index (χ0) is 15.5. The molecule has 4 heteroatoms. The van der Waals surface area contributed by atoms with Crippen molar-refractivity contribution in [1.82, 2.24) is 14.7 Å². The Morgan fingerprint density at radius 2 is 2.05 bits per heavy atom. The Morgan fingerprint density at radius 3 is 2.62 bits per heavy atom. The van der Waals surface area contributed by atoms with Gasteiger partial charge in [0.05, 0.1) is 23.7 Å². The summed E-state index contributed by atoms with van der Waals surface area (Å²) in [5, 5.41) is 4.66. The zero-order valence-corrected chi connectivity index (χ0v) is 13.9. The Kier molecular flexibility index (Phi) is 5.20. The van der Waals surface area contributed by atoms with E-state index in [4.69, 9.17) is 0 Å². The molecule has 0 bridgehead atoms. The fourth-order valence-electron chi connectivity index (χ4n) is 3.14. The molecule has 0 aliphatic heterocycles. The number of nitrogens with zero attached hydrogens (tertiary/aromatic N) is 3. The van der Waals surface area contributed by atoms with Gasteiger partial charge in [-0.3, -0.25) is 14.4 Å². The lowest BCUT2D eigenvalue weighted by Gasteiger charge is -2.33. The van der Waals surface area contributed by atoms with E-state index < -0.39 is 5.54 Å². The fraction of sp³-hybridized carbons (Fsp3) is 0.765. The largest absolute Gasteiger partial charge is 0.297 e. The summed E-state index contributed by atoms with van der Waals surface area (Å²) in [5.41, 5.74) is 0.515. The average molecular weight is 291 g/mol. The first-order valence-corrected chi connectivity index (χ1v) is 8.22. The highest BCUT2D eigenvalue weighted by atomic mass is 16.1. The Hall–Kier alpha value is -1.16. The molecule has 1 aromatic heterocycles. The number of aromatic nitrogens is 2. The van der Waals surface area contributed by atoms with Crippen LogP contribution >= 0.6 is 0 Å². The molecule has 1 unspecified atom stereocenters. The summed E-state index contributed by atoms with van der Waals surface area (Å²) in [4.78, 5) is 14.6. The van der Waals surface area contributed by atoms with Crippen LogP contribution in [0.4, 0.5) is 0 Å². The van der Waals surface area contributed by atoms with Crippen LogP contribution in [-0.2, 0) is 11.2 Å². The fourth-order valence-corrected chi connectivity index (χ4v) is 3.14. The quantitative estimate of drug-likeness (QED) is 0.807. The molecule has 0 aromatic carbocycles. The average Bonchev–Trinajstić information content (AvgIpc) is 2.95. The number of Topliss-reactive ketones (excluding diaryl/α,β-unsaturated/α-hetero) is 1. The van der Waals surface area contributed by atoms with E-state index in [0.29, 0.717) is 12.5 Å². The first-order valence-electron chi connectivity index (χ1n) is 8.22. The highest BCUT2D eigenvalue weighted by molar-refractivity contribution is 5.89. The van der Waals surface area contributed by atoms with E-state index in [9.17, 15) is 4.79 Å². The van der Waals surface area contributed by atoms with Gasteiger partial charge in [0.1, 0.15) is 0 Å². The van der Waals surface area contributed by atoms with Gasteiger partial charge in [0.2, 0.25) is 0 Å². The van der Waals surface area contributed by atoms with Crippen LogP contribution in [-0.4, -0.2) is 40.1 Å². The molecule has 0 N–H and O–H groups in total. The second kappa shape index (κ2) is 6.73. The normalized spacial score (nSPS) is 19.7. The number of likely N-dealkylation sites (N-methyl/N-ethyl adjacent to an activating group) is 1. The molecule has 0 radical (unpaired) electrons. The minimum Gasteiger partial charge on any atom is -0.297 e. The van der Waals surface area contributed by atoms with E-state index in [1.54, 1.807) is 0 Å². The predicted octanol–water partition coefficient (Wildman–Crippen LogP) is 3.23. The van der Waals surface area contributed by atoms with Gasteiger partial charge in [-0.1, -0.05) is 26.2 Å². The van der Waals surface area contributed by atoms with Crippen LogP contribution in [0.5, 0.6) is 0 Å². The smallest absolute Gasteiger partial charge is 0.158 e. The second-order valence-corrected chi connectivity index (χ2v) is 6.70. The van der Waals surface area contributed by atoms with E-state index in [-0.39, 0.29) is 5.78 Å². The molecule has 2 rings (SSSR count). The van der Waals surface area contributed by atoms with Gasteiger partial charge >= 0.3 is 0 Å². The summed E-state index contributed by atoms with van der Waals surface area (Å²) < 4.78 is 2.08. The lowest BCUT2D eigenvalue weighted by atomic mass is 9.89. The molecule has 118 valence electrons. The number of carbonyl (C=O) groups excluding carboxylic acids is 1. The van der Waals surface area contributed by atoms with Gasteiger partial charge in [-0.15, -0.1) is 0 Å². The first kappa shape index (κ1) is 16.2. The van der Waals surface area contributed by atoms with Crippen LogP contribution in [0.2, 0.25) is 0 Å². The van der Waals surface area contributed by atoms with E-state index in [1.165, 1.54) is 32.1 Å². The van der Waals surface area contributed by atoms with Gasteiger partial charge in [-0.25, -0.2) is 0 Å². The summed E-state index contributed by atoms with van der Waals surface area (Å²) in [6.45, 7) is 4.09. The SMILES string of the molecule is CCC(C)(C(=O)Cc1ccn(C2CCCCC2)n1)N(C)C. The van der Waals surface area contributed by atoms with Crippen molar-refractivity contribution in [2.45, 2.75) is 70.4 Å². The molecule has 1 heterocycles. The third-order valence-corrected chi connectivity index (χ3v) is 5.23. The summed E-state index contributed by atoms with van der Waals surface area (Å²) in [6, 6.07) is 2.55. The Balaban J connectivity index is 2.03. The van der Waals surface area contributed by atoms with Crippen molar-refractivity contribution in [2.24, 2.45) is 0 Å². The van der Waals surface area contributed by atoms with Gasteiger partial charge in [-0.05, 0) is 46.3 Å². The van der Waals surface area contributed by atoms with Crippen LogP contribution in [0.3, 0.4) is 0 Å². The van der Waals surface area contributed by atoms with E-state index >= 15 is 0 Å². The molecule has 1 atom stereocenters. The molecular formula is C17H29N3O. The van der Waals surface area contributed by atoms with Gasteiger partial charge in [0.15, 0.2) is 5.78 Å². The third-order valence-electron chi connectivity index (χ3n) is 5.23. The van der Waals surface area contributed by atoms with Crippen LogP contribution in [0.15, 0.2) is 12.3 Å². The maximum atomic E-state index is 12.6. The monoisotopic (exact) mass is 291 g/mol. The van der Waals surface area contributed by atoms with Crippen LogP contribution in [0.1, 0.15) is 64.1 Å². The van der Waals surface area contributed by atoms with Gasteiger partial charge in [0, 0.05) is 6.20 Å². The summed E-state index contributed by atoms with van der Waals surface area (Å²) in [7, 11) is 3.95. The van der Waals surface area contributed by atoms with E-state index in [2.05, 4.69) is 22.9 Å². The molecule has 0 amide bonds. The second-order valence-electron chi connectivity index (χ2n) is 6.70. The Bertz CT molecular complexity index is 474. The number of carbonyl (C=O) groups is 1. The predicted molar refractivity (Wildman–Crippen MR) is 85.4 cm³/mol. The number of hydrogen-bond donors (Lipinski definition) is 0. The Labute approximate surface area is 128 Å². The Morgan fingerprint density at radius 1 is 1.38 bits per heavy atom.